The largest absolute Gasteiger partial charge is 0.479 e. The molecule has 0 radical (unpaired) electrons. The summed E-state index contributed by atoms with van der Waals surface area (Å²) in [6.07, 6.45) is -2.13. The van der Waals surface area contributed by atoms with E-state index in [9.17, 15) is 48.6 Å². The van der Waals surface area contributed by atoms with Gasteiger partial charge in [-0.25, -0.2) is 4.79 Å². The summed E-state index contributed by atoms with van der Waals surface area (Å²) < 4.78 is 45.8. The minimum Gasteiger partial charge on any atom is -0.479 e. The molecule has 0 aromatic rings. The van der Waals surface area contributed by atoms with Gasteiger partial charge < -0.3 is 64.1 Å². The molecule has 2 aliphatic rings. The van der Waals surface area contributed by atoms with Crippen LogP contribution in [0.2, 0.25) is 0 Å². The van der Waals surface area contributed by atoms with Crippen LogP contribution in [-0.2, 0) is 76.3 Å². The van der Waals surface area contributed by atoms with Gasteiger partial charge in [-0.1, -0.05) is 64.7 Å². The summed E-state index contributed by atoms with van der Waals surface area (Å²) in [5.74, 6) is -6.97. The molecule has 0 aliphatic carbocycles. The summed E-state index contributed by atoms with van der Waals surface area (Å²) in [6, 6.07) is -3.04. The van der Waals surface area contributed by atoms with E-state index in [1.807, 2.05) is 0 Å². The number of nitrogens with one attached hydrogen (secondary N) is 3. The molecule has 0 spiro atoms. The van der Waals surface area contributed by atoms with Crippen molar-refractivity contribution in [2.75, 3.05) is 26.4 Å². The van der Waals surface area contributed by atoms with Crippen LogP contribution < -0.4 is 16.0 Å². The zero-order chi connectivity index (χ0) is 46.6. The molecule has 5 N–H and O–H groups in total. The maximum atomic E-state index is 13.5. The predicted octanol–water partition coefficient (Wildman–Crippen LogP) is 1.12. The van der Waals surface area contributed by atoms with Crippen LogP contribution in [0.5, 0.6) is 0 Å². The molecule has 2 heterocycles. The van der Waals surface area contributed by atoms with Crippen molar-refractivity contribution in [3.8, 4) is 0 Å². The van der Waals surface area contributed by atoms with E-state index in [1.165, 1.54) is 32.1 Å². The first-order valence-corrected chi connectivity index (χ1v) is 21.2. The number of amides is 3. The number of carbonyl (C=O) groups is 8. The second-order valence-corrected chi connectivity index (χ2v) is 15.5. The molecule has 21 nitrogen and oxygen atoms in total. The number of ketones is 1. The third-order valence-electron chi connectivity index (χ3n) is 10.2. The van der Waals surface area contributed by atoms with Gasteiger partial charge in [-0.3, -0.25) is 33.6 Å². The van der Waals surface area contributed by atoms with Crippen LogP contribution in [0.1, 0.15) is 120 Å². The molecule has 354 valence electrons. The number of unbranched alkanes of at least 4 members (excludes halogenated alkanes) is 9. The summed E-state index contributed by atoms with van der Waals surface area (Å²) in [7, 11) is 0. The maximum absolute atomic E-state index is 13.5. The molecule has 0 aromatic heterocycles. The predicted molar refractivity (Wildman–Crippen MR) is 215 cm³/mol. The van der Waals surface area contributed by atoms with Crippen LogP contribution in [-0.4, -0.2) is 151 Å². The smallest absolute Gasteiger partial charge is 0.332 e. The Morgan fingerprint density at radius 3 is 1.73 bits per heavy atom. The molecular weight excluding hydrogens is 822 g/mol. The fourth-order valence-electron chi connectivity index (χ4n) is 7.20. The van der Waals surface area contributed by atoms with E-state index < -0.39 is 134 Å². The Labute approximate surface area is 362 Å². The highest BCUT2D eigenvalue weighted by molar-refractivity contribution is 5.87. The lowest BCUT2D eigenvalue weighted by molar-refractivity contribution is -0.323. The van der Waals surface area contributed by atoms with E-state index in [2.05, 4.69) is 22.9 Å². The van der Waals surface area contributed by atoms with Gasteiger partial charge in [0, 0.05) is 41.2 Å². The summed E-state index contributed by atoms with van der Waals surface area (Å²) in [5, 5.41) is 29.8. The number of esters is 3. The Morgan fingerprint density at radius 1 is 0.677 bits per heavy atom. The zero-order valence-corrected chi connectivity index (χ0v) is 37.1. The quantitative estimate of drug-likeness (QED) is 0.0439. The number of hydrogen-bond donors (Lipinski definition) is 5. The van der Waals surface area contributed by atoms with Crippen LogP contribution in [0, 0.1) is 0 Å². The standard InChI is InChI=1S/C41H67N3O18/c1-9-10-11-12-13-14-15-16-17-18-19-42-32(51)22-57-40-34(44-26(5)47)37(58-23(2)38(52)53)41(54,24(3)45)31(62-40)21-56-39-33(43-25(4)46)36(60-29(8)50)35(59-28(7)49)30(61-39)20-55-27(6)48/h23,30-31,33-37,39-40,54H,9-22H2,1-8H3,(H,42,51)(H,43,46)(H,44,47)(H,52,53)/t23-,30-,31-,33-,34-,35-,36-,37-,39-,40+,41-/m1/s1. The van der Waals surface area contributed by atoms with Gasteiger partial charge in [0.25, 0.3) is 0 Å². The molecule has 0 bridgehead atoms. The molecule has 0 saturated carbocycles. The molecule has 0 unspecified atom stereocenters. The third-order valence-corrected chi connectivity index (χ3v) is 10.2. The van der Waals surface area contributed by atoms with Gasteiger partial charge in [0.15, 0.2) is 42.3 Å². The second kappa shape index (κ2) is 27.0. The zero-order valence-electron chi connectivity index (χ0n) is 37.1. The van der Waals surface area contributed by atoms with Crippen LogP contribution in [0.15, 0.2) is 0 Å². The van der Waals surface area contributed by atoms with Gasteiger partial charge in [-0.2, -0.15) is 0 Å². The first-order chi connectivity index (χ1) is 29.2. The van der Waals surface area contributed by atoms with E-state index in [-0.39, 0.29) is 0 Å². The summed E-state index contributed by atoms with van der Waals surface area (Å²) >= 11 is 0. The average molecular weight is 890 g/mol. The SMILES string of the molecule is CCCCCCCCCCCCNC(=O)CO[C@H]1O[C@H](CO[C@@H]2O[C@H](COC(C)=O)[C@@H](OC(C)=O)[C@H](OC(C)=O)[C@H]2NC(C)=O)[C@](O)(C(C)=O)[C@H](O[C@H](C)C(=O)O)[C@H]1NC(C)=O. The minimum absolute atomic E-state index is 0.351. The van der Waals surface area contributed by atoms with E-state index in [0.717, 1.165) is 74.1 Å². The van der Waals surface area contributed by atoms with Crippen LogP contribution in [0.25, 0.3) is 0 Å². The molecular formula is C41H67N3O18. The summed E-state index contributed by atoms with van der Waals surface area (Å²) in [4.78, 5) is 99.8. The van der Waals surface area contributed by atoms with Crippen LogP contribution in [0.3, 0.4) is 0 Å². The molecule has 2 saturated heterocycles. The number of carboxylic acids is 1. The van der Waals surface area contributed by atoms with E-state index in [0.29, 0.717) is 13.0 Å². The average Bonchev–Trinajstić information content (AvgIpc) is 3.17. The fraction of sp³-hybridized carbons (Fsp3) is 0.805. The number of Topliss-reactive ketones (excluding diaryl/α,β-unsaturated/α-hetero) is 1. The number of carboxylic acid groups (broad SMARTS) is 1. The molecule has 11 atom stereocenters. The van der Waals surface area contributed by atoms with Crippen LogP contribution >= 0.6 is 0 Å². The van der Waals surface area contributed by atoms with Crippen molar-refractivity contribution < 1.29 is 86.5 Å². The number of hydrogen-bond acceptors (Lipinski definition) is 17. The van der Waals surface area contributed by atoms with E-state index in [1.54, 1.807) is 0 Å². The van der Waals surface area contributed by atoms with Gasteiger partial charge in [-0.15, -0.1) is 0 Å². The maximum Gasteiger partial charge on any atom is 0.332 e. The molecule has 2 rings (SSSR count). The monoisotopic (exact) mass is 889 g/mol. The van der Waals surface area contributed by atoms with Crippen molar-refractivity contribution in [1.29, 1.82) is 0 Å². The number of rotatable bonds is 27. The molecule has 3 amide bonds. The van der Waals surface area contributed by atoms with Crippen molar-refractivity contribution in [2.45, 2.75) is 186 Å². The van der Waals surface area contributed by atoms with Gasteiger partial charge >= 0.3 is 23.9 Å². The first-order valence-electron chi connectivity index (χ1n) is 21.2. The topological polar surface area (TPSA) is 287 Å². The highest BCUT2D eigenvalue weighted by Crippen LogP contribution is 2.36. The van der Waals surface area contributed by atoms with Crippen molar-refractivity contribution in [1.82, 2.24) is 16.0 Å². The Bertz CT molecular complexity index is 1510. The van der Waals surface area contributed by atoms with Crippen LogP contribution in [0.4, 0.5) is 0 Å². The van der Waals surface area contributed by atoms with E-state index in [4.69, 9.17) is 37.9 Å². The molecule has 21 heteroatoms. The van der Waals surface area contributed by atoms with Crippen molar-refractivity contribution in [2.24, 2.45) is 0 Å². The van der Waals surface area contributed by atoms with Gasteiger partial charge in [0.05, 0.1) is 6.61 Å². The Balaban J connectivity index is 2.43. The first kappa shape index (κ1) is 53.9. The number of ether oxygens (including phenoxy) is 8. The summed E-state index contributed by atoms with van der Waals surface area (Å²) in [5.41, 5.74) is -2.81. The normalized spacial score (nSPS) is 27.5. The van der Waals surface area contributed by atoms with Crippen molar-refractivity contribution in [3.05, 3.63) is 0 Å². The Hall–Kier alpha value is -4.28. The minimum atomic E-state index is -2.81. The molecule has 0 aromatic carbocycles. The van der Waals surface area contributed by atoms with Gasteiger partial charge in [-0.05, 0) is 20.3 Å². The Morgan fingerprint density at radius 2 is 1.21 bits per heavy atom. The highest BCUT2D eigenvalue weighted by Gasteiger charge is 2.61. The lowest BCUT2D eigenvalue weighted by Crippen LogP contribution is -2.75. The van der Waals surface area contributed by atoms with Crippen molar-refractivity contribution >= 4 is 47.4 Å². The van der Waals surface area contributed by atoms with Gasteiger partial charge in [0.1, 0.15) is 43.6 Å². The third kappa shape index (κ3) is 17.5. The van der Waals surface area contributed by atoms with E-state index >= 15 is 0 Å². The van der Waals surface area contributed by atoms with Gasteiger partial charge in [0.2, 0.25) is 17.7 Å². The fourth-order valence-corrected chi connectivity index (χ4v) is 7.20. The highest BCUT2D eigenvalue weighted by atomic mass is 16.7. The summed E-state index contributed by atoms with van der Waals surface area (Å²) in [6.45, 7) is 8.00. The van der Waals surface area contributed by atoms with Crippen molar-refractivity contribution in [3.63, 3.8) is 0 Å². The number of carbonyl (C=O) groups excluding carboxylic acids is 7. The number of aliphatic hydroxyl groups is 1. The molecule has 62 heavy (non-hydrogen) atoms. The molecule has 2 fully saturated rings. The lowest BCUT2D eigenvalue weighted by atomic mass is 9.79. The number of aliphatic carboxylic acids is 1. The second-order valence-electron chi connectivity index (χ2n) is 15.5. The molecule has 2 aliphatic heterocycles. The lowest BCUT2D eigenvalue weighted by Gasteiger charge is -2.51. The Kier molecular flexibility index (Phi) is 23.5.